The van der Waals surface area contributed by atoms with Crippen molar-refractivity contribution in [3.63, 3.8) is 0 Å². The van der Waals surface area contributed by atoms with Crippen LogP contribution in [-0.4, -0.2) is 56.7 Å². The minimum Gasteiger partial charge on any atom is -0.452 e. The zero-order valence-corrected chi connectivity index (χ0v) is 14.3. The number of esters is 1. The van der Waals surface area contributed by atoms with Crippen LogP contribution in [0.5, 0.6) is 0 Å². The summed E-state index contributed by atoms with van der Waals surface area (Å²) in [5.74, 6) is 0.192. The van der Waals surface area contributed by atoms with Crippen molar-refractivity contribution in [2.24, 2.45) is 11.8 Å². The monoisotopic (exact) mass is 343 g/mol. The van der Waals surface area contributed by atoms with Gasteiger partial charge in [-0.15, -0.1) is 5.10 Å². The lowest BCUT2D eigenvalue weighted by Gasteiger charge is -2.34. The number of carbonyl (C=O) groups excluding carboxylic acids is 2. The highest BCUT2D eigenvalue weighted by Crippen LogP contribution is 2.21. The second kappa shape index (κ2) is 7.42. The van der Waals surface area contributed by atoms with E-state index in [-0.39, 0.29) is 12.5 Å². The summed E-state index contributed by atoms with van der Waals surface area (Å²) < 4.78 is 6.62. The summed E-state index contributed by atoms with van der Waals surface area (Å²) in [5.41, 5.74) is 0.813. The zero-order chi connectivity index (χ0) is 17.8. The number of nitrogens with zero attached hydrogens (tertiary/aromatic N) is 5. The Bertz CT molecular complexity index is 737. The minimum absolute atomic E-state index is 0.161. The number of likely N-dealkylation sites (tertiary alicyclic amines) is 1. The fourth-order valence-electron chi connectivity index (χ4n) is 3.28. The highest BCUT2D eigenvalue weighted by molar-refractivity contribution is 5.94. The lowest BCUT2D eigenvalue weighted by Crippen LogP contribution is -2.44. The van der Waals surface area contributed by atoms with E-state index in [1.54, 1.807) is 29.2 Å². The Balaban J connectivity index is 1.64. The van der Waals surface area contributed by atoms with Gasteiger partial charge in [-0.3, -0.25) is 4.79 Å². The van der Waals surface area contributed by atoms with Crippen molar-refractivity contribution in [3.05, 3.63) is 36.2 Å². The van der Waals surface area contributed by atoms with Crippen LogP contribution in [0.25, 0.3) is 5.69 Å². The Kier molecular flexibility index (Phi) is 5.06. The van der Waals surface area contributed by atoms with Gasteiger partial charge in [-0.25, -0.2) is 4.79 Å². The van der Waals surface area contributed by atoms with Gasteiger partial charge in [0.2, 0.25) is 0 Å². The molecular weight excluding hydrogens is 322 g/mol. The van der Waals surface area contributed by atoms with E-state index in [2.05, 4.69) is 29.4 Å². The number of hydrogen-bond acceptors (Lipinski definition) is 6. The summed E-state index contributed by atoms with van der Waals surface area (Å²) in [5, 5.41) is 10.9. The molecule has 8 nitrogen and oxygen atoms in total. The quantitative estimate of drug-likeness (QED) is 0.778. The summed E-state index contributed by atoms with van der Waals surface area (Å²) in [6, 6.07) is 6.83. The van der Waals surface area contributed by atoms with Crippen molar-refractivity contribution < 1.29 is 14.3 Å². The van der Waals surface area contributed by atoms with Crippen LogP contribution in [-0.2, 0) is 9.53 Å². The largest absolute Gasteiger partial charge is 0.452 e. The highest BCUT2D eigenvalue weighted by Gasteiger charge is 2.26. The highest BCUT2D eigenvalue weighted by atomic mass is 16.5. The maximum Gasteiger partial charge on any atom is 0.340 e. The fraction of sp³-hybridized carbons (Fsp3) is 0.471. The van der Waals surface area contributed by atoms with Crippen molar-refractivity contribution in [1.29, 1.82) is 0 Å². The van der Waals surface area contributed by atoms with E-state index < -0.39 is 5.97 Å². The molecule has 0 saturated carbocycles. The zero-order valence-electron chi connectivity index (χ0n) is 14.3. The summed E-state index contributed by atoms with van der Waals surface area (Å²) in [6.07, 6.45) is 2.51. The smallest absolute Gasteiger partial charge is 0.340 e. The fourth-order valence-corrected chi connectivity index (χ4v) is 3.28. The Morgan fingerprint density at radius 2 is 1.92 bits per heavy atom. The van der Waals surface area contributed by atoms with Gasteiger partial charge < -0.3 is 9.64 Å². The Morgan fingerprint density at radius 3 is 2.60 bits per heavy atom. The molecule has 1 saturated heterocycles. The van der Waals surface area contributed by atoms with E-state index >= 15 is 0 Å². The molecule has 0 spiro atoms. The molecule has 1 aromatic carbocycles. The number of hydrogen-bond donors (Lipinski definition) is 0. The van der Waals surface area contributed by atoms with E-state index in [9.17, 15) is 9.59 Å². The average molecular weight is 343 g/mol. The van der Waals surface area contributed by atoms with E-state index in [0.717, 1.165) is 6.42 Å². The van der Waals surface area contributed by atoms with E-state index in [0.29, 0.717) is 36.2 Å². The molecule has 2 atom stereocenters. The second-order valence-corrected chi connectivity index (χ2v) is 6.59. The predicted octanol–water partition coefficient (Wildman–Crippen LogP) is 1.32. The maximum atomic E-state index is 12.4. The normalized spacial score (nSPS) is 20.3. The Hall–Kier alpha value is -2.77. The molecule has 8 heteroatoms. The van der Waals surface area contributed by atoms with Gasteiger partial charge in [0.05, 0.1) is 11.3 Å². The standard InChI is InChI=1S/C17H21N5O3/c1-12-7-13(2)9-21(8-12)16(23)10-25-17(24)14-5-3-4-6-15(14)22-11-18-19-20-22/h3-6,11-13H,7-10H2,1-2H3/t12-,13+. The molecular formula is C17H21N5O3. The van der Waals surface area contributed by atoms with Gasteiger partial charge >= 0.3 is 5.97 Å². The van der Waals surface area contributed by atoms with Crippen molar-refractivity contribution in [1.82, 2.24) is 25.1 Å². The van der Waals surface area contributed by atoms with Gasteiger partial charge in [0.25, 0.3) is 5.91 Å². The number of benzene rings is 1. The number of carbonyl (C=O) groups is 2. The molecule has 1 amide bonds. The lowest BCUT2D eigenvalue weighted by atomic mass is 9.92. The number of piperidine rings is 1. The van der Waals surface area contributed by atoms with Gasteiger partial charge in [-0.05, 0) is 40.8 Å². The van der Waals surface area contributed by atoms with Crippen LogP contribution in [0.15, 0.2) is 30.6 Å². The second-order valence-electron chi connectivity index (χ2n) is 6.59. The van der Waals surface area contributed by atoms with Crippen molar-refractivity contribution in [3.8, 4) is 5.69 Å². The van der Waals surface area contributed by atoms with Crippen molar-refractivity contribution in [2.75, 3.05) is 19.7 Å². The predicted molar refractivity (Wildman–Crippen MR) is 89.0 cm³/mol. The molecule has 1 aliphatic heterocycles. The van der Waals surface area contributed by atoms with Crippen molar-refractivity contribution >= 4 is 11.9 Å². The maximum absolute atomic E-state index is 12.4. The molecule has 1 aliphatic rings. The SMILES string of the molecule is C[C@@H]1C[C@H](C)CN(C(=O)COC(=O)c2ccccc2-n2cnnn2)C1. The summed E-state index contributed by atoms with van der Waals surface area (Å²) in [6.45, 7) is 5.42. The van der Waals surface area contributed by atoms with Crippen LogP contribution in [0.3, 0.4) is 0 Å². The number of aromatic nitrogens is 4. The van der Waals surface area contributed by atoms with Gasteiger partial charge in [-0.1, -0.05) is 26.0 Å². The van der Waals surface area contributed by atoms with E-state index in [1.165, 1.54) is 11.0 Å². The van der Waals surface area contributed by atoms with Crippen LogP contribution in [0.1, 0.15) is 30.6 Å². The van der Waals surface area contributed by atoms with Crippen LogP contribution >= 0.6 is 0 Å². The van der Waals surface area contributed by atoms with Crippen LogP contribution in [0.4, 0.5) is 0 Å². The molecule has 25 heavy (non-hydrogen) atoms. The molecule has 3 rings (SSSR count). The average Bonchev–Trinajstić information content (AvgIpc) is 3.13. The molecule has 0 N–H and O–H groups in total. The molecule has 0 aliphatic carbocycles. The van der Waals surface area contributed by atoms with E-state index in [4.69, 9.17) is 4.74 Å². The number of ether oxygens (including phenoxy) is 1. The Morgan fingerprint density at radius 1 is 1.20 bits per heavy atom. The molecule has 0 bridgehead atoms. The molecule has 2 heterocycles. The molecule has 0 unspecified atom stereocenters. The Labute approximate surface area is 145 Å². The molecule has 132 valence electrons. The third kappa shape index (κ3) is 4.01. The summed E-state index contributed by atoms with van der Waals surface area (Å²) in [4.78, 5) is 26.5. The van der Waals surface area contributed by atoms with Crippen LogP contribution in [0, 0.1) is 11.8 Å². The molecule has 1 fully saturated rings. The topological polar surface area (TPSA) is 90.2 Å². The molecule has 1 aromatic heterocycles. The first-order valence-electron chi connectivity index (χ1n) is 8.32. The summed E-state index contributed by atoms with van der Waals surface area (Å²) in [7, 11) is 0. The number of rotatable bonds is 4. The molecule has 0 radical (unpaired) electrons. The minimum atomic E-state index is -0.572. The first kappa shape index (κ1) is 17.1. The van der Waals surface area contributed by atoms with Crippen LogP contribution < -0.4 is 0 Å². The first-order chi connectivity index (χ1) is 12.0. The van der Waals surface area contributed by atoms with Crippen LogP contribution in [0.2, 0.25) is 0 Å². The van der Waals surface area contributed by atoms with Gasteiger partial charge in [0.15, 0.2) is 6.61 Å². The van der Waals surface area contributed by atoms with Crippen molar-refractivity contribution in [2.45, 2.75) is 20.3 Å². The summed E-state index contributed by atoms with van der Waals surface area (Å²) >= 11 is 0. The van der Waals surface area contributed by atoms with Gasteiger partial charge in [-0.2, -0.15) is 4.68 Å². The molecule has 2 aromatic rings. The number of amides is 1. The first-order valence-corrected chi connectivity index (χ1v) is 8.32. The number of para-hydroxylation sites is 1. The van der Waals surface area contributed by atoms with E-state index in [1.807, 2.05) is 0 Å². The lowest BCUT2D eigenvalue weighted by molar-refractivity contribution is -0.137. The third-order valence-corrected chi connectivity index (χ3v) is 4.27. The number of tetrazole rings is 1. The van der Waals surface area contributed by atoms with Gasteiger partial charge in [0.1, 0.15) is 6.33 Å². The third-order valence-electron chi connectivity index (χ3n) is 4.27. The van der Waals surface area contributed by atoms with Gasteiger partial charge in [0, 0.05) is 13.1 Å².